The van der Waals surface area contributed by atoms with Crippen molar-refractivity contribution in [2.75, 3.05) is 36.4 Å². The molecule has 158 valence electrons. The lowest BCUT2D eigenvalue weighted by Crippen LogP contribution is -2.48. The van der Waals surface area contributed by atoms with Gasteiger partial charge in [0.1, 0.15) is 23.9 Å². The van der Waals surface area contributed by atoms with E-state index in [1.807, 2.05) is 48.5 Å². The first-order chi connectivity index (χ1) is 15.5. The summed E-state index contributed by atoms with van der Waals surface area (Å²) in [6.45, 7) is 2.41. The van der Waals surface area contributed by atoms with E-state index in [1.54, 1.807) is 35.2 Å². The number of nitrogens with one attached hydrogen (secondary N) is 1. The van der Waals surface area contributed by atoms with Gasteiger partial charge < -0.3 is 15.1 Å². The first kappa shape index (κ1) is 22.4. The lowest BCUT2D eigenvalue weighted by atomic mass is 10.2. The van der Waals surface area contributed by atoms with Crippen LogP contribution < -0.4 is 10.2 Å². The highest BCUT2D eigenvalue weighted by molar-refractivity contribution is 6.33. The average molecular weight is 443 g/mol. The van der Waals surface area contributed by atoms with Crippen LogP contribution in [0.5, 0.6) is 0 Å². The Balaban J connectivity index is 1.62. The Hall–Kier alpha value is -4.25. The molecule has 1 heterocycles. The summed E-state index contributed by atoms with van der Waals surface area (Å²) >= 11 is 6.45. The number of amides is 1. The highest BCUT2D eigenvalue weighted by atomic mass is 35.5. The van der Waals surface area contributed by atoms with Crippen molar-refractivity contribution in [3.8, 4) is 18.2 Å². The zero-order chi connectivity index (χ0) is 22.9. The van der Waals surface area contributed by atoms with Gasteiger partial charge in [0.25, 0.3) is 0 Å². The normalized spacial score (nSPS) is 13.1. The number of piperazine rings is 1. The number of nitriles is 3. The molecule has 0 aliphatic carbocycles. The maximum atomic E-state index is 12.5. The van der Waals surface area contributed by atoms with E-state index in [0.717, 1.165) is 11.3 Å². The van der Waals surface area contributed by atoms with Crippen LogP contribution in [0.4, 0.5) is 11.4 Å². The summed E-state index contributed by atoms with van der Waals surface area (Å²) in [6.07, 6.45) is 3.40. The van der Waals surface area contributed by atoms with Gasteiger partial charge in [-0.25, -0.2) is 0 Å². The maximum Gasteiger partial charge on any atom is 0.246 e. The standard InChI is InChI=1S/C24H19ClN6O/c25-21-14-20(29-22(17-28)19(15-26)16-27)7-8-23(21)30-10-12-31(13-11-30)24(32)9-6-18-4-2-1-3-5-18/h1-9,14,29H,10-13H2. The molecule has 1 saturated heterocycles. The quantitative estimate of drug-likeness (QED) is 0.555. The Labute approximate surface area is 191 Å². The molecule has 7 nitrogen and oxygen atoms in total. The van der Waals surface area contributed by atoms with Crippen LogP contribution in [-0.2, 0) is 4.79 Å². The molecule has 0 bridgehead atoms. The second kappa shape index (κ2) is 10.7. The SMILES string of the molecule is N#CC(C#N)=C(C#N)Nc1ccc(N2CCN(C(=O)C=Cc3ccccc3)CC2)c(Cl)c1. The number of halogens is 1. The molecule has 2 aromatic rings. The minimum absolute atomic E-state index is 0.0271. The fraction of sp³-hybridized carbons (Fsp3) is 0.167. The highest BCUT2D eigenvalue weighted by Gasteiger charge is 2.21. The first-order valence-corrected chi connectivity index (χ1v) is 10.2. The molecule has 1 aliphatic heterocycles. The van der Waals surface area contributed by atoms with E-state index in [9.17, 15) is 4.79 Å². The largest absolute Gasteiger partial charge is 0.367 e. The van der Waals surface area contributed by atoms with Crippen LogP contribution in [0.2, 0.25) is 5.02 Å². The van der Waals surface area contributed by atoms with Crippen LogP contribution in [0.1, 0.15) is 5.56 Å². The van der Waals surface area contributed by atoms with Crippen LogP contribution in [0.25, 0.3) is 6.08 Å². The van der Waals surface area contributed by atoms with E-state index in [-0.39, 0.29) is 17.2 Å². The van der Waals surface area contributed by atoms with Gasteiger partial charge in [0, 0.05) is 37.9 Å². The smallest absolute Gasteiger partial charge is 0.246 e. The van der Waals surface area contributed by atoms with Crippen LogP contribution in [0.15, 0.2) is 65.9 Å². The fourth-order valence-corrected chi connectivity index (χ4v) is 3.57. The predicted octanol–water partition coefficient (Wildman–Crippen LogP) is 3.94. The molecule has 0 unspecified atom stereocenters. The second-order valence-corrected chi connectivity index (χ2v) is 7.34. The number of hydrogen-bond acceptors (Lipinski definition) is 6. The molecule has 1 amide bonds. The third kappa shape index (κ3) is 5.46. The highest BCUT2D eigenvalue weighted by Crippen LogP contribution is 2.30. The van der Waals surface area contributed by atoms with Gasteiger partial charge in [-0.2, -0.15) is 15.8 Å². The van der Waals surface area contributed by atoms with Crippen LogP contribution >= 0.6 is 11.6 Å². The molecule has 1 N–H and O–H groups in total. The number of carbonyl (C=O) groups is 1. The Bertz CT molecular complexity index is 1160. The maximum absolute atomic E-state index is 12.5. The Morgan fingerprint density at radius 3 is 2.25 bits per heavy atom. The summed E-state index contributed by atoms with van der Waals surface area (Å²) in [6, 6.07) is 20.0. The molecule has 2 aromatic carbocycles. The molecule has 1 aliphatic rings. The molecule has 8 heteroatoms. The molecule has 0 spiro atoms. The molecule has 0 aromatic heterocycles. The predicted molar refractivity (Wildman–Crippen MR) is 123 cm³/mol. The van der Waals surface area contributed by atoms with Gasteiger partial charge in [-0.1, -0.05) is 41.9 Å². The summed E-state index contributed by atoms with van der Waals surface area (Å²) in [5, 5.41) is 30.3. The van der Waals surface area contributed by atoms with Crippen molar-refractivity contribution in [1.29, 1.82) is 15.8 Å². The summed E-state index contributed by atoms with van der Waals surface area (Å²) in [5.74, 6) is -0.0271. The van der Waals surface area contributed by atoms with Crippen molar-refractivity contribution in [3.63, 3.8) is 0 Å². The summed E-state index contributed by atoms with van der Waals surface area (Å²) in [7, 11) is 0. The van der Waals surface area contributed by atoms with Crippen molar-refractivity contribution in [2.24, 2.45) is 0 Å². The number of anilines is 2. The van der Waals surface area contributed by atoms with E-state index < -0.39 is 0 Å². The molecule has 3 rings (SSSR count). The van der Waals surface area contributed by atoms with Gasteiger partial charge in [0.15, 0.2) is 5.57 Å². The van der Waals surface area contributed by atoms with Gasteiger partial charge in [-0.05, 0) is 29.8 Å². The Kier molecular flexibility index (Phi) is 7.49. The molecular weight excluding hydrogens is 424 g/mol. The minimum Gasteiger partial charge on any atom is -0.367 e. The number of nitrogens with zero attached hydrogens (tertiary/aromatic N) is 5. The topological polar surface area (TPSA) is 107 Å². The number of hydrogen-bond donors (Lipinski definition) is 1. The lowest BCUT2D eigenvalue weighted by molar-refractivity contribution is -0.126. The van der Waals surface area contributed by atoms with Crippen molar-refractivity contribution < 1.29 is 4.79 Å². The summed E-state index contributed by atoms with van der Waals surface area (Å²) < 4.78 is 0. The zero-order valence-electron chi connectivity index (χ0n) is 17.1. The van der Waals surface area contributed by atoms with Crippen molar-refractivity contribution in [3.05, 3.63) is 76.5 Å². The van der Waals surface area contributed by atoms with Gasteiger partial charge in [0.2, 0.25) is 5.91 Å². The first-order valence-electron chi connectivity index (χ1n) is 9.84. The number of carbonyl (C=O) groups excluding carboxylic acids is 1. The van der Waals surface area contributed by atoms with Crippen molar-refractivity contribution >= 4 is 35.0 Å². The van der Waals surface area contributed by atoms with E-state index in [1.165, 1.54) is 0 Å². The zero-order valence-corrected chi connectivity index (χ0v) is 17.9. The van der Waals surface area contributed by atoms with Gasteiger partial charge in [0.05, 0.1) is 10.7 Å². The van der Waals surface area contributed by atoms with E-state index in [2.05, 4.69) is 10.2 Å². The number of allylic oxidation sites excluding steroid dienone is 2. The van der Waals surface area contributed by atoms with Crippen LogP contribution in [0.3, 0.4) is 0 Å². The molecule has 1 fully saturated rings. The van der Waals surface area contributed by atoms with Crippen molar-refractivity contribution in [1.82, 2.24) is 4.90 Å². The number of benzene rings is 2. The van der Waals surface area contributed by atoms with Gasteiger partial charge in [-0.15, -0.1) is 0 Å². The molecule has 0 radical (unpaired) electrons. The van der Waals surface area contributed by atoms with E-state index >= 15 is 0 Å². The minimum atomic E-state index is -0.296. The Morgan fingerprint density at radius 1 is 0.969 bits per heavy atom. The third-order valence-electron chi connectivity index (χ3n) is 4.95. The van der Waals surface area contributed by atoms with Crippen LogP contribution in [-0.4, -0.2) is 37.0 Å². The fourth-order valence-electron chi connectivity index (χ4n) is 3.27. The Morgan fingerprint density at radius 2 is 1.66 bits per heavy atom. The lowest BCUT2D eigenvalue weighted by Gasteiger charge is -2.36. The van der Waals surface area contributed by atoms with Crippen LogP contribution in [0, 0.1) is 34.0 Å². The average Bonchev–Trinajstić information content (AvgIpc) is 2.83. The van der Waals surface area contributed by atoms with Gasteiger partial charge in [-0.3, -0.25) is 4.79 Å². The molecule has 32 heavy (non-hydrogen) atoms. The van der Waals surface area contributed by atoms with Crippen molar-refractivity contribution in [2.45, 2.75) is 0 Å². The second-order valence-electron chi connectivity index (χ2n) is 6.93. The van der Waals surface area contributed by atoms with Gasteiger partial charge >= 0.3 is 0 Å². The third-order valence-corrected chi connectivity index (χ3v) is 5.26. The molecule has 0 atom stereocenters. The monoisotopic (exact) mass is 442 g/mol. The molecular formula is C24H19ClN6O. The number of rotatable bonds is 5. The summed E-state index contributed by atoms with van der Waals surface area (Å²) in [4.78, 5) is 16.4. The summed E-state index contributed by atoms with van der Waals surface area (Å²) in [5.41, 5.74) is 1.86. The van der Waals surface area contributed by atoms with E-state index in [0.29, 0.717) is 36.9 Å². The van der Waals surface area contributed by atoms with E-state index in [4.69, 9.17) is 27.4 Å². The molecule has 0 saturated carbocycles.